The molecule has 16 heavy (non-hydrogen) atoms. The summed E-state index contributed by atoms with van der Waals surface area (Å²) in [6.45, 7) is 2.96. The number of rotatable bonds is 4. The minimum Gasteiger partial charge on any atom is -0.477 e. The fraction of sp³-hybridized carbons (Fsp3) is 0.455. The maximum absolute atomic E-state index is 10.7. The van der Waals surface area contributed by atoms with Gasteiger partial charge in [-0.25, -0.2) is 9.78 Å². The van der Waals surface area contributed by atoms with Crippen LogP contribution >= 0.6 is 0 Å². The van der Waals surface area contributed by atoms with Crippen LogP contribution in [0.5, 0.6) is 0 Å². The molecule has 0 radical (unpaired) electrons. The van der Waals surface area contributed by atoms with Crippen molar-refractivity contribution in [3.05, 3.63) is 17.8 Å². The molecule has 1 heterocycles. The summed E-state index contributed by atoms with van der Waals surface area (Å²) in [7, 11) is 0. The predicted octanol–water partition coefficient (Wildman–Crippen LogP) is 1.57. The third-order valence-electron chi connectivity index (χ3n) is 2.93. The van der Waals surface area contributed by atoms with Crippen LogP contribution in [0.1, 0.15) is 30.3 Å². The van der Waals surface area contributed by atoms with Crippen LogP contribution in [0.25, 0.3) is 0 Å². The monoisotopic (exact) mass is 221 g/mol. The molecular formula is C11H15N3O2. The van der Waals surface area contributed by atoms with Crippen molar-refractivity contribution in [2.24, 2.45) is 5.41 Å². The van der Waals surface area contributed by atoms with Crippen LogP contribution in [0.2, 0.25) is 0 Å². The molecule has 1 aromatic heterocycles. The summed E-state index contributed by atoms with van der Waals surface area (Å²) >= 11 is 0. The molecule has 1 aliphatic carbocycles. The predicted molar refractivity (Wildman–Crippen MR) is 61.4 cm³/mol. The molecule has 1 fully saturated rings. The number of hydrogen-bond acceptors (Lipinski definition) is 4. The summed E-state index contributed by atoms with van der Waals surface area (Å²) in [5, 5.41) is 11.9. The third-order valence-corrected chi connectivity index (χ3v) is 2.93. The van der Waals surface area contributed by atoms with Crippen molar-refractivity contribution in [1.29, 1.82) is 0 Å². The molecule has 86 valence electrons. The second-order valence-electron chi connectivity index (χ2n) is 4.60. The van der Waals surface area contributed by atoms with Gasteiger partial charge in [0, 0.05) is 6.54 Å². The Bertz CT molecular complexity index is 427. The van der Waals surface area contributed by atoms with E-state index in [0.29, 0.717) is 16.9 Å². The fourth-order valence-electron chi connectivity index (χ4n) is 1.42. The molecule has 1 aliphatic rings. The summed E-state index contributed by atoms with van der Waals surface area (Å²) in [6, 6.07) is 2.97. The summed E-state index contributed by atoms with van der Waals surface area (Å²) in [4.78, 5) is 14.7. The largest absolute Gasteiger partial charge is 0.477 e. The molecular weight excluding hydrogens is 206 g/mol. The van der Waals surface area contributed by atoms with Crippen LogP contribution in [-0.2, 0) is 0 Å². The van der Waals surface area contributed by atoms with Crippen LogP contribution in [0, 0.1) is 5.41 Å². The third kappa shape index (κ3) is 2.24. The minimum atomic E-state index is -1.04. The average molecular weight is 221 g/mol. The summed E-state index contributed by atoms with van der Waals surface area (Å²) in [6.07, 6.45) is 2.39. The second-order valence-corrected chi connectivity index (χ2v) is 4.60. The van der Waals surface area contributed by atoms with E-state index in [2.05, 4.69) is 17.2 Å². The van der Waals surface area contributed by atoms with Crippen LogP contribution < -0.4 is 11.1 Å². The molecule has 0 aromatic carbocycles. The van der Waals surface area contributed by atoms with Crippen molar-refractivity contribution < 1.29 is 9.90 Å². The average Bonchev–Trinajstić information content (AvgIpc) is 2.95. The zero-order valence-electron chi connectivity index (χ0n) is 9.16. The molecule has 0 saturated heterocycles. The summed E-state index contributed by atoms with van der Waals surface area (Å²) in [5.74, 6) is -0.575. The molecule has 5 nitrogen and oxygen atoms in total. The number of carboxylic acid groups (broad SMARTS) is 1. The second kappa shape index (κ2) is 3.66. The van der Waals surface area contributed by atoms with Crippen molar-refractivity contribution in [3.8, 4) is 0 Å². The first-order valence-electron chi connectivity index (χ1n) is 5.24. The van der Waals surface area contributed by atoms with Gasteiger partial charge in [0.2, 0.25) is 0 Å². The van der Waals surface area contributed by atoms with Gasteiger partial charge in [-0.05, 0) is 30.4 Å². The number of nitrogens with zero attached hydrogens (tertiary/aromatic N) is 1. The molecule has 1 aromatic rings. The van der Waals surface area contributed by atoms with Gasteiger partial charge in [0.05, 0.1) is 5.69 Å². The Morgan fingerprint density at radius 2 is 2.31 bits per heavy atom. The number of carbonyl (C=O) groups is 1. The van der Waals surface area contributed by atoms with E-state index in [0.717, 1.165) is 6.54 Å². The smallest absolute Gasteiger partial charge is 0.354 e. The minimum absolute atomic E-state index is 0.0117. The van der Waals surface area contributed by atoms with Crippen LogP contribution in [0.15, 0.2) is 12.1 Å². The van der Waals surface area contributed by atoms with Crippen molar-refractivity contribution in [2.75, 3.05) is 17.6 Å². The molecule has 0 atom stereocenters. The molecule has 0 aliphatic heterocycles. The number of nitrogens with two attached hydrogens (primary N) is 1. The number of nitrogen functional groups attached to an aromatic ring is 1. The highest BCUT2D eigenvalue weighted by Crippen LogP contribution is 2.44. The number of anilines is 2. The lowest BCUT2D eigenvalue weighted by Crippen LogP contribution is -2.15. The number of pyridine rings is 1. The Hall–Kier alpha value is -1.78. The highest BCUT2D eigenvalue weighted by Gasteiger charge is 2.36. The van der Waals surface area contributed by atoms with E-state index in [4.69, 9.17) is 10.8 Å². The number of carboxylic acids is 1. The highest BCUT2D eigenvalue weighted by atomic mass is 16.4. The SMILES string of the molecule is CC1(CNc2nc(C(=O)O)ccc2N)CC1. The van der Waals surface area contributed by atoms with E-state index in [9.17, 15) is 4.79 Å². The lowest BCUT2D eigenvalue weighted by atomic mass is 10.1. The first kappa shape index (κ1) is 10.7. The van der Waals surface area contributed by atoms with Crippen molar-refractivity contribution in [2.45, 2.75) is 19.8 Å². The number of hydrogen-bond donors (Lipinski definition) is 3. The van der Waals surface area contributed by atoms with Crippen molar-refractivity contribution in [1.82, 2.24) is 4.98 Å². The van der Waals surface area contributed by atoms with Crippen molar-refractivity contribution in [3.63, 3.8) is 0 Å². The Morgan fingerprint density at radius 1 is 1.62 bits per heavy atom. The van der Waals surface area contributed by atoms with Gasteiger partial charge in [0.1, 0.15) is 5.82 Å². The van der Waals surface area contributed by atoms with Crippen molar-refractivity contribution >= 4 is 17.5 Å². The van der Waals surface area contributed by atoms with Gasteiger partial charge in [-0.15, -0.1) is 0 Å². The zero-order valence-corrected chi connectivity index (χ0v) is 9.16. The lowest BCUT2D eigenvalue weighted by molar-refractivity contribution is 0.0690. The maximum Gasteiger partial charge on any atom is 0.354 e. The van der Waals surface area contributed by atoms with E-state index in [1.165, 1.54) is 18.9 Å². The summed E-state index contributed by atoms with van der Waals surface area (Å²) in [5.41, 5.74) is 6.54. The van der Waals surface area contributed by atoms with E-state index >= 15 is 0 Å². The topological polar surface area (TPSA) is 88.2 Å². The molecule has 1 saturated carbocycles. The Morgan fingerprint density at radius 3 is 2.88 bits per heavy atom. The van der Waals surface area contributed by atoms with E-state index in [1.54, 1.807) is 6.07 Å². The molecule has 2 rings (SSSR count). The van der Waals surface area contributed by atoms with Gasteiger partial charge in [0.15, 0.2) is 5.69 Å². The van der Waals surface area contributed by atoms with Gasteiger partial charge in [-0.2, -0.15) is 0 Å². The standard InChI is InChI=1S/C11H15N3O2/c1-11(4-5-11)6-13-9-7(12)2-3-8(14-9)10(15)16/h2-3H,4-6,12H2,1H3,(H,13,14)(H,15,16). The van der Waals surface area contributed by atoms with Crippen LogP contribution in [0.4, 0.5) is 11.5 Å². The van der Waals surface area contributed by atoms with E-state index < -0.39 is 5.97 Å². The van der Waals surface area contributed by atoms with Gasteiger partial charge >= 0.3 is 5.97 Å². The number of aromatic nitrogens is 1. The van der Waals surface area contributed by atoms with Gasteiger partial charge < -0.3 is 16.2 Å². The van der Waals surface area contributed by atoms with Crippen LogP contribution in [-0.4, -0.2) is 22.6 Å². The zero-order chi connectivity index (χ0) is 11.8. The first-order chi connectivity index (χ1) is 7.50. The fourth-order valence-corrected chi connectivity index (χ4v) is 1.42. The summed E-state index contributed by atoms with van der Waals surface area (Å²) < 4.78 is 0. The normalized spacial score (nSPS) is 16.8. The van der Waals surface area contributed by atoms with Gasteiger partial charge in [-0.3, -0.25) is 0 Å². The molecule has 4 N–H and O–H groups in total. The molecule has 0 amide bonds. The number of nitrogens with one attached hydrogen (secondary N) is 1. The molecule has 0 spiro atoms. The first-order valence-corrected chi connectivity index (χ1v) is 5.24. The Labute approximate surface area is 93.7 Å². The van der Waals surface area contributed by atoms with E-state index in [1.807, 2.05) is 0 Å². The molecule has 0 bridgehead atoms. The highest BCUT2D eigenvalue weighted by molar-refractivity contribution is 5.86. The van der Waals surface area contributed by atoms with Gasteiger partial charge in [0.25, 0.3) is 0 Å². The number of aromatic carboxylic acids is 1. The quantitative estimate of drug-likeness (QED) is 0.718. The van der Waals surface area contributed by atoms with Crippen LogP contribution in [0.3, 0.4) is 0 Å². The Kier molecular flexibility index (Phi) is 2.46. The maximum atomic E-state index is 10.7. The lowest BCUT2D eigenvalue weighted by Gasteiger charge is -2.12. The van der Waals surface area contributed by atoms with Gasteiger partial charge in [-0.1, -0.05) is 6.92 Å². The van der Waals surface area contributed by atoms with E-state index in [-0.39, 0.29) is 5.69 Å². The molecule has 5 heteroatoms. The molecule has 0 unspecified atom stereocenters. The Balaban J connectivity index is 2.12.